The number of hydrogen-bond donors (Lipinski definition) is 1. The predicted octanol–water partition coefficient (Wildman–Crippen LogP) is 4.35. The molecule has 6 nitrogen and oxygen atoms in total. The summed E-state index contributed by atoms with van der Waals surface area (Å²) >= 11 is 7.71. The monoisotopic (exact) mass is 413 g/mol. The zero-order valence-electron chi connectivity index (χ0n) is 15.6. The Balaban J connectivity index is 1.43. The number of hydrogen-bond acceptors (Lipinski definition) is 4. The van der Waals surface area contributed by atoms with Crippen LogP contribution in [0.4, 0.5) is 0 Å². The first-order chi connectivity index (χ1) is 13.5. The average molecular weight is 414 g/mol. The number of benzene rings is 1. The fraction of sp³-hybridized carbons (Fsp3) is 0.250. The van der Waals surface area contributed by atoms with Gasteiger partial charge < -0.3 is 5.32 Å². The summed E-state index contributed by atoms with van der Waals surface area (Å²) in [5.74, 6) is -0.109. The van der Waals surface area contributed by atoms with Crippen LogP contribution in [0.3, 0.4) is 0 Å². The summed E-state index contributed by atoms with van der Waals surface area (Å²) in [5, 5.41) is 9.90. The Hall–Kier alpha value is -2.64. The maximum Gasteiger partial charge on any atom is 0.269 e. The van der Waals surface area contributed by atoms with Crippen LogP contribution in [-0.4, -0.2) is 31.6 Å². The van der Waals surface area contributed by atoms with Crippen LogP contribution < -0.4 is 5.32 Å². The highest BCUT2D eigenvalue weighted by molar-refractivity contribution is 7.15. The van der Waals surface area contributed by atoms with Crippen LogP contribution in [0.25, 0.3) is 16.2 Å². The van der Waals surface area contributed by atoms with Gasteiger partial charge in [0.1, 0.15) is 5.69 Å². The van der Waals surface area contributed by atoms with Crippen molar-refractivity contribution < 1.29 is 4.79 Å². The molecule has 0 saturated heterocycles. The lowest BCUT2D eigenvalue weighted by molar-refractivity contribution is 0.0947. The number of aryl methyl sites for hydroxylation is 3. The molecule has 1 N–H and O–H groups in total. The molecule has 0 aliphatic rings. The van der Waals surface area contributed by atoms with Gasteiger partial charge in [-0.3, -0.25) is 13.9 Å². The summed E-state index contributed by atoms with van der Waals surface area (Å²) in [7, 11) is 0. The highest BCUT2D eigenvalue weighted by atomic mass is 35.5. The second-order valence-electron chi connectivity index (χ2n) is 6.64. The van der Waals surface area contributed by atoms with E-state index in [1.807, 2.05) is 58.8 Å². The summed E-state index contributed by atoms with van der Waals surface area (Å²) in [5.41, 5.74) is 4.34. The zero-order chi connectivity index (χ0) is 19.7. The first-order valence-corrected chi connectivity index (χ1v) is 10.3. The minimum Gasteiger partial charge on any atom is -0.351 e. The van der Waals surface area contributed by atoms with Gasteiger partial charge in [-0.05, 0) is 32.4 Å². The number of rotatable bonds is 6. The number of amides is 1. The average Bonchev–Trinajstić information content (AvgIpc) is 3.33. The molecule has 0 unspecified atom stereocenters. The second-order valence-corrected chi connectivity index (χ2v) is 7.88. The molecule has 0 aliphatic carbocycles. The fourth-order valence-electron chi connectivity index (χ4n) is 3.17. The molecule has 0 atom stereocenters. The topological polar surface area (TPSA) is 64.2 Å². The van der Waals surface area contributed by atoms with Gasteiger partial charge in [-0.1, -0.05) is 29.8 Å². The molecule has 3 heterocycles. The van der Waals surface area contributed by atoms with Crippen molar-refractivity contribution in [3.63, 3.8) is 0 Å². The quantitative estimate of drug-likeness (QED) is 0.478. The van der Waals surface area contributed by atoms with Crippen LogP contribution in [-0.2, 0) is 6.54 Å². The number of fused-ring (bicyclic) bond motifs is 1. The molecule has 1 amide bonds. The smallest absolute Gasteiger partial charge is 0.269 e. The Labute approximate surface area is 171 Å². The van der Waals surface area contributed by atoms with Gasteiger partial charge in [-0.25, -0.2) is 4.98 Å². The van der Waals surface area contributed by atoms with Crippen LogP contribution >= 0.6 is 22.9 Å². The van der Waals surface area contributed by atoms with E-state index in [-0.39, 0.29) is 5.91 Å². The molecule has 8 heteroatoms. The van der Waals surface area contributed by atoms with E-state index < -0.39 is 0 Å². The summed E-state index contributed by atoms with van der Waals surface area (Å²) in [6.07, 6.45) is 2.67. The minimum absolute atomic E-state index is 0.109. The van der Waals surface area contributed by atoms with Crippen molar-refractivity contribution in [3.05, 3.63) is 64.0 Å². The third kappa shape index (κ3) is 3.68. The normalized spacial score (nSPS) is 11.2. The summed E-state index contributed by atoms with van der Waals surface area (Å²) in [6, 6.07) is 9.62. The standard InChI is InChI=1S/C20H20ClN5OS/c1-13-10-14(2)26(24-13)9-5-8-22-19(27)18-12-28-20-23-17(11-25(18)20)15-6-3-4-7-16(15)21/h3-4,6-7,10-12H,5,8-9H2,1-2H3,(H,22,27). The van der Waals surface area contributed by atoms with Crippen LogP contribution in [0.5, 0.6) is 0 Å². The van der Waals surface area contributed by atoms with Gasteiger partial charge >= 0.3 is 0 Å². The number of imidazole rings is 1. The molecule has 0 aliphatic heterocycles. The number of carbonyl (C=O) groups is 1. The fourth-order valence-corrected chi connectivity index (χ4v) is 4.25. The number of nitrogens with one attached hydrogen (secondary N) is 1. The maximum absolute atomic E-state index is 12.6. The highest BCUT2D eigenvalue weighted by Gasteiger charge is 2.16. The largest absolute Gasteiger partial charge is 0.351 e. The molecule has 0 saturated carbocycles. The van der Waals surface area contributed by atoms with Gasteiger partial charge in [0, 0.05) is 35.9 Å². The Morgan fingerprint density at radius 2 is 2.11 bits per heavy atom. The molecule has 28 heavy (non-hydrogen) atoms. The minimum atomic E-state index is -0.109. The van der Waals surface area contributed by atoms with E-state index >= 15 is 0 Å². The van der Waals surface area contributed by atoms with Gasteiger partial charge in [0.2, 0.25) is 0 Å². The van der Waals surface area contributed by atoms with Crippen LogP contribution in [0.15, 0.2) is 41.9 Å². The van der Waals surface area contributed by atoms with E-state index in [9.17, 15) is 4.79 Å². The molecule has 0 spiro atoms. The van der Waals surface area contributed by atoms with Gasteiger partial charge in [0.15, 0.2) is 4.96 Å². The maximum atomic E-state index is 12.6. The molecule has 3 aromatic heterocycles. The molecule has 4 aromatic rings. The number of aromatic nitrogens is 4. The number of carbonyl (C=O) groups excluding carboxylic acids is 1. The highest BCUT2D eigenvalue weighted by Crippen LogP contribution is 2.29. The molecule has 1 aromatic carbocycles. The van der Waals surface area contributed by atoms with E-state index in [2.05, 4.69) is 21.5 Å². The SMILES string of the molecule is Cc1cc(C)n(CCCNC(=O)c2csc3nc(-c4ccccc4Cl)cn23)n1. The molecular formula is C20H20ClN5OS. The van der Waals surface area contributed by atoms with Crippen LogP contribution in [0.1, 0.15) is 28.3 Å². The molecule has 144 valence electrons. The third-order valence-electron chi connectivity index (χ3n) is 4.53. The van der Waals surface area contributed by atoms with Crippen LogP contribution in [0.2, 0.25) is 5.02 Å². The Morgan fingerprint density at radius 3 is 2.86 bits per heavy atom. The number of thiazole rings is 1. The zero-order valence-corrected chi connectivity index (χ0v) is 17.2. The lowest BCUT2D eigenvalue weighted by Gasteiger charge is -2.06. The first-order valence-electron chi connectivity index (χ1n) is 9.03. The summed E-state index contributed by atoms with van der Waals surface area (Å²) < 4.78 is 3.79. The number of nitrogens with zero attached hydrogens (tertiary/aromatic N) is 4. The summed E-state index contributed by atoms with van der Waals surface area (Å²) in [4.78, 5) is 18.0. The molecule has 0 bridgehead atoms. The van der Waals surface area contributed by atoms with Crippen molar-refractivity contribution >= 4 is 33.8 Å². The van der Waals surface area contributed by atoms with Gasteiger partial charge in [0.05, 0.1) is 16.4 Å². The van der Waals surface area contributed by atoms with Gasteiger partial charge in [-0.2, -0.15) is 5.10 Å². The van der Waals surface area contributed by atoms with E-state index in [0.29, 0.717) is 17.3 Å². The van der Waals surface area contributed by atoms with E-state index in [1.54, 1.807) is 0 Å². The lowest BCUT2D eigenvalue weighted by atomic mass is 10.2. The van der Waals surface area contributed by atoms with Crippen molar-refractivity contribution in [1.82, 2.24) is 24.5 Å². The third-order valence-corrected chi connectivity index (χ3v) is 5.70. The molecule has 0 fully saturated rings. The summed E-state index contributed by atoms with van der Waals surface area (Å²) in [6.45, 7) is 5.38. The molecule has 0 radical (unpaired) electrons. The Morgan fingerprint density at radius 1 is 1.29 bits per heavy atom. The molecule has 4 rings (SSSR count). The van der Waals surface area contributed by atoms with Gasteiger partial charge in [0.25, 0.3) is 5.91 Å². The second kappa shape index (κ2) is 7.77. The van der Waals surface area contributed by atoms with Crippen molar-refractivity contribution in [2.24, 2.45) is 0 Å². The first kappa shape index (κ1) is 18.7. The van der Waals surface area contributed by atoms with Crippen LogP contribution in [0, 0.1) is 13.8 Å². The lowest BCUT2D eigenvalue weighted by Crippen LogP contribution is -2.26. The van der Waals surface area contributed by atoms with Crippen molar-refractivity contribution in [2.45, 2.75) is 26.8 Å². The predicted molar refractivity (Wildman–Crippen MR) is 112 cm³/mol. The Kier molecular flexibility index (Phi) is 5.19. The van der Waals surface area contributed by atoms with E-state index in [1.165, 1.54) is 11.3 Å². The van der Waals surface area contributed by atoms with E-state index in [0.717, 1.165) is 40.6 Å². The van der Waals surface area contributed by atoms with Crippen molar-refractivity contribution in [2.75, 3.05) is 6.54 Å². The van der Waals surface area contributed by atoms with E-state index in [4.69, 9.17) is 11.6 Å². The molecular weight excluding hydrogens is 394 g/mol. The Bertz CT molecular complexity index is 1140. The van der Waals surface area contributed by atoms with Crippen molar-refractivity contribution in [1.29, 1.82) is 0 Å². The van der Waals surface area contributed by atoms with Gasteiger partial charge in [-0.15, -0.1) is 11.3 Å². The number of halogens is 1. The van der Waals surface area contributed by atoms with Crippen molar-refractivity contribution in [3.8, 4) is 11.3 Å².